The second-order valence-electron chi connectivity index (χ2n) is 4.54. The fourth-order valence-corrected chi connectivity index (χ4v) is 4.09. The van der Waals surface area contributed by atoms with Crippen molar-refractivity contribution in [3.8, 4) is 0 Å². The van der Waals surface area contributed by atoms with Crippen molar-refractivity contribution in [1.29, 1.82) is 0 Å². The molecule has 1 aromatic carbocycles. The van der Waals surface area contributed by atoms with E-state index in [1.165, 1.54) is 4.31 Å². The lowest BCUT2D eigenvalue weighted by atomic mass is 10.2. The fraction of sp³-hybridized carbons (Fsp3) is 0.462. The number of rotatable bonds is 4. The van der Waals surface area contributed by atoms with Gasteiger partial charge in [-0.25, -0.2) is 8.42 Å². The normalized spacial score (nSPS) is 20.2. The Bertz CT molecular complexity index is 603. The number of nitrogens with zero attached hydrogens (tertiary/aromatic N) is 1. The molecular weight excluding hydrogens is 407 g/mol. The van der Waals surface area contributed by atoms with E-state index in [4.69, 9.17) is 4.74 Å². The largest absolute Gasteiger partial charge is 0.465 e. The number of piperazine rings is 1. The number of ether oxygens (including phenoxy) is 1. The molecule has 6 nitrogen and oxygen atoms in total. The quantitative estimate of drug-likeness (QED) is 0.572. The summed E-state index contributed by atoms with van der Waals surface area (Å²) in [5.74, 6) is -0.515. The summed E-state index contributed by atoms with van der Waals surface area (Å²) in [7, 11) is -3.70. The van der Waals surface area contributed by atoms with E-state index in [0.717, 1.165) is 3.57 Å². The van der Waals surface area contributed by atoms with Crippen LogP contribution >= 0.6 is 22.6 Å². The van der Waals surface area contributed by atoms with Crippen LogP contribution in [0.25, 0.3) is 0 Å². The van der Waals surface area contributed by atoms with Gasteiger partial charge in [-0.15, -0.1) is 0 Å². The highest BCUT2D eigenvalue weighted by molar-refractivity contribution is 14.1. The van der Waals surface area contributed by atoms with Crippen molar-refractivity contribution >= 4 is 38.6 Å². The number of carbonyl (C=O) groups excluding carboxylic acids is 1. The van der Waals surface area contributed by atoms with Crippen LogP contribution in [-0.4, -0.2) is 51.0 Å². The van der Waals surface area contributed by atoms with Crippen LogP contribution in [0, 0.1) is 3.57 Å². The van der Waals surface area contributed by atoms with Crippen molar-refractivity contribution in [2.75, 3.05) is 26.2 Å². The van der Waals surface area contributed by atoms with Crippen molar-refractivity contribution in [2.24, 2.45) is 0 Å². The van der Waals surface area contributed by atoms with Crippen LogP contribution in [0.3, 0.4) is 0 Å². The first-order valence-corrected chi connectivity index (χ1v) is 9.13. The van der Waals surface area contributed by atoms with Crippen molar-refractivity contribution in [3.63, 3.8) is 0 Å². The molecule has 0 amide bonds. The third-order valence-electron chi connectivity index (χ3n) is 3.17. The van der Waals surface area contributed by atoms with Crippen molar-refractivity contribution < 1.29 is 17.9 Å². The van der Waals surface area contributed by atoms with E-state index in [-0.39, 0.29) is 24.6 Å². The molecule has 1 aromatic rings. The maximum absolute atomic E-state index is 12.7. The standard InChI is InChI=1S/C13H17IN2O4S/c1-2-20-13(17)12-9-15-7-8-16(12)21(18,19)11-5-3-10(14)4-6-11/h3-6,12,15H,2,7-9H2,1H3. The third-order valence-corrected chi connectivity index (χ3v) is 5.81. The lowest BCUT2D eigenvalue weighted by Gasteiger charge is -2.33. The zero-order chi connectivity index (χ0) is 15.5. The van der Waals surface area contributed by atoms with E-state index in [9.17, 15) is 13.2 Å². The Balaban J connectivity index is 2.31. The zero-order valence-electron chi connectivity index (χ0n) is 11.6. The summed E-state index contributed by atoms with van der Waals surface area (Å²) in [5, 5.41) is 3.03. The number of halogens is 1. The summed E-state index contributed by atoms with van der Waals surface area (Å²) in [4.78, 5) is 12.2. The lowest BCUT2D eigenvalue weighted by Crippen LogP contribution is -2.57. The number of benzene rings is 1. The van der Waals surface area contributed by atoms with Crippen LogP contribution in [0.15, 0.2) is 29.2 Å². The maximum atomic E-state index is 12.7. The molecule has 21 heavy (non-hydrogen) atoms. The first-order valence-electron chi connectivity index (χ1n) is 6.61. The Labute approximate surface area is 138 Å². The van der Waals surface area contributed by atoms with E-state index in [2.05, 4.69) is 27.9 Å². The Morgan fingerprint density at radius 3 is 2.71 bits per heavy atom. The van der Waals surface area contributed by atoms with E-state index < -0.39 is 22.0 Å². The summed E-state index contributed by atoms with van der Waals surface area (Å²) < 4.78 is 32.6. The smallest absolute Gasteiger partial charge is 0.325 e. The second-order valence-corrected chi connectivity index (χ2v) is 7.68. The number of hydrogen-bond acceptors (Lipinski definition) is 5. The Morgan fingerprint density at radius 1 is 1.43 bits per heavy atom. The molecule has 116 valence electrons. The predicted octanol–water partition coefficient (Wildman–Crippen LogP) is 0.817. The Morgan fingerprint density at radius 2 is 2.10 bits per heavy atom. The highest BCUT2D eigenvalue weighted by Gasteiger charge is 2.38. The minimum absolute atomic E-state index is 0.194. The van der Waals surface area contributed by atoms with Crippen molar-refractivity contribution in [1.82, 2.24) is 9.62 Å². The van der Waals surface area contributed by atoms with E-state index in [0.29, 0.717) is 6.54 Å². The molecule has 1 atom stereocenters. The molecule has 0 spiro atoms. The molecular formula is C13H17IN2O4S. The highest BCUT2D eigenvalue weighted by Crippen LogP contribution is 2.21. The van der Waals surface area contributed by atoms with Crippen LogP contribution in [0.5, 0.6) is 0 Å². The minimum Gasteiger partial charge on any atom is -0.465 e. The predicted molar refractivity (Wildman–Crippen MR) is 86.3 cm³/mol. The van der Waals surface area contributed by atoms with Gasteiger partial charge in [0.05, 0.1) is 11.5 Å². The maximum Gasteiger partial charge on any atom is 0.325 e. The average molecular weight is 424 g/mol. The van der Waals surface area contributed by atoms with Crippen LogP contribution in [0.4, 0.5) is 0 Å². The molecule has 8 heteroatoms. The van der Waals surface area contributed by atoms with E-state index in [1.54, 1.807) is 31.2 Å². The molecule has 1 heterocycles. The first-order chi connectivity index (χ1) is 9.96. The van der Waals surface area contributed by atoms with Crippen molar-refractivity contribution in [3.05, 3.63) is 27.8 Å². The van der Waals surface area contributed by atoms with Gasteiger partial charge in [-0.2, -0.15) is 4.31 Å². The molecule has 2 rings (SSSR count). The molecule has 1 unspecified atom stereocenters. The van der Waals surface area contributed by atoms with Crippen molar-refractivity contribution in [2.45, 2.75) is 17.9 Å². The number of esters is 1. The van der Waals surface area contributed by atoms with Gasteiger partial charge in [-0.3, -0.25) is 4.79 Å². The SMILES string of the molecule is CCOC(=O)C1CNCCN1S(=O)(=O)c1ccc(I)cc1. The highest BCUT2D eigenvalue weighted by atomic mass is 127. The van der Waals surface area contributed by atoms with Crippen LogP contribution in [-0.2, 0) is 19.6 Å². The van der Waals surface area contributed by atoms with Gasteiger partial charge in [0.15, 0.2) is 0 Å². The molecule has 1 fully saturated rings. The van der Waals surface area contributed by atoms with Gasteiger partial charge < -0.3 is 10.1 Å². The topological polar surface area (TPSA) is 75.7 Å². The molecule has 0 radical (unpaired) electrons. The minimum atomic E-state index is -3.70. The second kappa shape index (κ2) is 7.03. The zero-order valence-corrected chi connectivity index (χ0v) is 14.6. The van der Waals surface area contributed by atoms with Gasteiger partial charge in [-0.1, -0.05) is 0 Å². The van der Waals surface area contributed by atoms with Crippen LogP contribution < -0.4 is 5.32 Å². The monoisotopic (exact) mass is 424 g/mol. The number of sulfonamides is 1. The lowest BCUT2D eigenvalue weighted by molar-refractivity contribution is -0.148. The third kappa shape index (κ3) is 3.74. The first kappa shape index (κ1) is 16.7. The summed E-state index contributed by atoms with van der Waals surface area (Å²) in [6, 6.07) is 5.76. The molecule has 0 aromatic heterocycles. The molecule has 1 aliphatic rings. The summed E-state index contributed by atoms with van der Waals surface area (Å²) in [5.41, 5.74) is 0. The van der Waals surface area contributed by atoms with Gasteiger partial charge in [0.2, 0.25) is 10.0 Å². The average Bonchev–Trinajstić information content (AvgIpc) is 2.48. The number of nitrogens with one attached hydrogen (secondary N) is 1. The molecule has 1 N–H and O–H groups in total. The van der Waals surface area contributed by atoms with Gasteiger partial charge in [-0.05, 0) is 53.8 Å². The molecule has 0 bridgehead atoms. The summed E-state index contributed by atoms with van der Waals surface area (Å²) >= 11 is 2.11. The number of carbonyl (C=O) groups is 1. The van der Waals surface area contributed by atoms with Crippen LogP contribution in [0.1, 0.15) is 6.92 Å². The van der Waals surface area contributed by atoms with E-state index >= 15 is 0 Å². The van der Waals surface area contributed by atoms with Crippen LogP contribution in [0.2, 0.25) is 0 Å². The van der Waals surface area contributed by atoms with E-state index in [1.807, 2.05) is 0 Å². The Kier molecular flexibility index (Phi) is 5.58. The van der Waals surface area contributed by atoms with Gasteiger partial charge in [0, 0.05) is 23.2 Å². The van der Waals surface area contributed by atoms with Gasteiger partial charge in [0.1, 0.15) is 6.04 Å². The molecule has 0 aliphatic carbocycles. The Hall–Kier alpha value is -0.710. The van der Waals surface area contributed by atoms with Gasteiger partial charge in [0.25, 0.3) is 0 Å². The van der Waals surface area contributed by atoms with Gasteiger partial charge >= 0.3 is 5.97 Å². The molecule has 1 saturated heterocycles. The molecule has 0 saturated carbocycles. The fourth-order valence-electron chi connectivity index (χ4n) is 2.15. The number of hydrogen-bond donors (Lipinski definition) is 1. The molecule has 1 aliphatic heterocycles. The summed E-state index contributed by atoms with van der Waals surface area (Å²) in [6.07, 6.45) is 0. The summed E-state index contributed by atoms with van der Waals surface area (Å²) in [6.45, 7) is 2.96.